The highest BCUT2D eigenvalue weighted by Gasteiger charge is 2.25. The molecule has 21 heavy (non-hydrogen) atoms. The summed E-state index contributed by atoms with van der Waals surface area (Å²) in [4.78, 5) is 9.11. The molecule has 112 valence electrons. The Kier molecular flexibility index (Phi) is 4.28. The van der Waals surface area contributed by atoms with Gasteiger partial charge in [-0.05, 0) is 7.05 Å². The summed E-state index contributed by atoms with van der Waals surface area (Å²) in [5.74, 6) is 1.29. The average molecular weight is 287 g/mol. The summed E-state index contributed by atoms with van der Waals surface area (Å²) < 4.78 is 5.38. The largest absolute Gasteiger partial charge is 0.338 e. The lowest BCUT2D eigenvalue weighted by atomic mass is 10.1. The second-order valence-corrected chi connectivity index (χ2v) is 5.50. The highest BCUT2D eigenvalue weighted by atomic mass is 16.5. The molecular weight excluding hydrogens is 266 g/mol. The van der Waals surface area contributed by atoms with E-state index in [2.05, 4.69) is 27.0 Å². The van der Waals surface area contributed by atoms with E-state index in [1.54, 1.807) is 0 Å². The maximum Gasteiger partial charge on any atom is 0.241 e. The van der Waals surface area contributed by atoms with E-state index in [9.17, 15) is 0 Å². The van der Waals surface area contributed by atoms with Gasteiger partial charge < -0.3 is 15.2 Å². The SMILES string of the molecule is CN1CCN(Cc2nc(-c3ccccc3)no2)C(CN)C1. The van der Waals surface area contributed by atoms with Crippen LogP contribution in [0.2, 0.25) is 0 Å². The molecular formula is C15H21N5O. The van der Waals surface area contributed by atoms with E-state index in [0.29, 0.717) is 30.8 Å². The summed E-state index contributed by atoms with van der Waals surface area (Å²) in [5.41, 5.74) is 6.84. The number of aromatic nitrogens is 2. The van der Waals surface area contributed by atoms with Gasteiger partial charge in [-0.15, -0.1) is 0 Å². The van der Waals surface area contributed by atoms with Gasteiger partial charge in [0.25, 0.3) is 0 Å². The Hall–Kier alpha value is -1.76. The lowest BCUT2D eigenvalue weighted by Crippen LogP contribution is -2.54. The van der Waals surface area contributed by atoms with Gasteiger partial charge in [-0.25, -0.2) is 0 Å². The number of benzene rings is 1. The molecule has 1 atom stereocenters. The molecule has 2 N–H and O–H groups in total. The van der Waals surface area contributed by atoms with Crippen molar-refractivity contribution in [3.05, 3.63) is 36.2 Å². The van der Waals surface area contributed by atoms with Crippen LogP contribution in [-0.2, 0) is 6.54 Å². The molecule has 0 amide bonds. The lowest BCUT2D eigenvalue weighted by Gasteiger charge is -2.38. The summed E-state index contributed by atoms with van der Waals surface area (Å²) in [6.45, 7) is 4.30. The van der Waals surface area contributed by atoms with E-state index in [1.807, 2.05) is 30.3 Å². The molecule has 3 rings (SSSR count). The molecule has 1 unspecified atom stereocenters. The zero-order valence-electron chi connectivity index (χ0n) is 12.3. The molecule has 1 aliphatic rings. The van der Waals surface area contributed by atoms with E-state index in [-0.39, 0.29) is 0 Å². The third-order valence-corrected chi connectivity index (χ3v) is 3.92. The van der Waals surface area contributed by atoms with Crippen LogP contribution in [-0.4, -0.2) is 59.2 Å². The predicted molar refractivity (Wildman–Crippen MR) is 80.5 cm³/mol. The standard InChI is InChI=1S/C15H21N5O/c1-19-7-8-20(13(9-16)10-19)11-14-17-15(18-21-14)12-5-3-2-4-6-12/h2-6,13H,7-11,16H2,1H3. The molecule has 1 aromatic heterocycles. The average Bonchev–Trinajstić information content (AvgIpc) is 2.98. The second kappa shape index (κ2) is 6.34. The Bertz CT molecular complexity index is 570. The van der Waals surface area contributed by atoms with Crippen molar-refractivity contribution in [2.24, 2.45) is 5.73 Å². The van der Waals surface area contributed by atoms with Crippen LogP contribution in [0.4, 0.5) is 0 Å². The van der Waals surface area contributed by atoms with Crippen LogP contribution in [0.3, 0.4) is 0 Å². The predicted octanol–water partition coefficient (Wildman–Crippen LogP) is 0.811. The van der Waals surface area contributed by atoms with Gasteiger partial charge in [-0.2, -0.15) is 4.98 Å². The van der Waals surface area contributed by atoms with Crippen molar-refractivity contribution in [3.8, 4) is 11.4 Å². The summed E-state index contributed by atoms with van der Waals surface area (Å²) in [6.07, 6.45) is 0. The molecule has 1 fully saturated rings. The minimum atomic E-state index is 0.343. The summed E-state index contributed by atoms with van der Waals surface area (Å²) in [7, 11) is 2.13. The molecule has 0 aliphatic carbocycles. The van der Waals surface area contributed by atoms with Gasteiger partial charge in [0.05, 0.1) is 6.54 Å². The first-order chi connectivity index (χ1) is 10.3. The number of piperazine rings is 1. The van der Waals surface area contributed by atoms with Gasteiger partial charge in [0.15, 0.2) is 0 Å². The van der Waals surface area contributed by atoms with Crippen molar-refractivity contribution in [2.75, 3.05) is 33.2 Å². The van der Waals surface area contributed by atoms with E-state index < -0.39 is 0 Å². The van der Waals surface area contributed by atoms with E-state index in [4.69, 9.17) is 10.3 Å². The molecule has 1 saturated heterocycles. The van der Waals surface area contributed by atoms with E-state index >= 15 is 0 Å². The fourth-order valence-electron chi connectivity index (χ4n) is 2.68. The zero-order chi connectivity index (χ0) is 14.7. The Labute approximate surface area is 124 Å². The van der Waals surface area contributed by atoms with Crippen LogP contribution < -0.4 is 5.73 Å². The molecule has 0 radical (unpaired) electrons. The van der Waals surface area contributed by atoms with E-state index in [1.165, 1.54) is 0 Å². The summed E-state index contributed by atoms with van der Waals surface area (Å²) in [5, 5.41) is 4.06. The normalized spacial score (nSPS) is 20.8. The molecule has 1 aromatic carbocycles. The first-order valence-electron chi connectivity index (χ1n) is 7.27. The van der Waals surface area contributed by atoms with Crippen LogP contribution in [0, 0.1) is 0 Å². The summed E-state index contributed by atoms with van der Waals surface area (Å²) in [6, 6.07) is 10.2. The van der Waals surface area contributed by atoms with Gasteiger partial charge >= 0.3 is 0 Å². The van der Waals surface area contributed by atoms with Crippen LogP contribution in [0.1, 0.15) is 5.89 Å². The molecule has 2 heterocycles. The Balaban J connectivity index is 1.69. The maximum atomic E-state index is 5.87. The lowest BCUT2D eigenvalue weighted by molar-refractivity contribution is 0.0784. The Morgan fingerprint density at radius 3 is 2.86 bits per heavy atom. The maximum absolute atomic E-state index is 5.87. The third-order valence-electron chi connectivity index (χ3n) is 3.92. The number of nitrogens with zero attached hydrogens (tertiary/aromatic N) is 4. The van der Waals surface area contributed by atoms with Crippen LogP contribution >= 0.6 is 0 Å². The third kappa shape index (κ3) is 3.29. The smallest absolute Gasteiger partial charge is 0.241 e. The topological polar surface area (TPSA) is 71.4 Å². The van der Waals surface area contributed by atoms with E-state index in [0.717, 1.165) is 25.2 Å². The first-order valence-corrected chi connectivity index (χ1v) is 7.27. The number of nitrogens with two attached hydrogens (primary N) is 1. The molecule has 0 bridgehead atoms. The molecule has 6 nitrogen and oxygen atoms in total. The molecule has 2 aromatic rings. The van der Waals surface area contributed by atoms with Crippen molar-refractivity contribution < 1.29 is 4.52 Å². The van der Waals surface area contributed by atoms with Crippen molar-refractivity contribution in [1.29, 1.82) is 0 Å². The van der Waals surface area contributed by atoms with Crippen molar-refractivity contribution >= 4 is 0 Å². The van der Waals surface area contributed by atoms with Crippen LogP contribution in [0.25, 0.3) is 11.4 Å². The van der Waals surface area contributed by atoms with Crippen molar-refractivity contribution in [3.63, 3.8) is 0 Å². The van der Waals surface area contributed by atoms with Gasteiger partial charge in [-0.1, -0.05) is 35.5 Å². The number of hydrogen-bond donors (Lipinski definition) is 1. The number of hydrogen-bond acceptors (Lipinski definition) is 6. The van der Waals surface area contributed by atoms with Gasteiger partial charge in [-0.3, -0.25) is 4.90 Å². The number of likely N-dealkylation sites (N-methyl/N-ethyl adjacent to an activating group) is 1. The highest BCUT2D eigenvalue weighted by molar-refractivity contribution is 5.53. The van der Waals surface area contributed by atoms with Gasteiger partial charge in [0.2, 0.25) is 11.7 Å². The highest BCUT2D eigenvalue weighted by Crippen LogP contribution is 2.17. The van der Waals surface area contributed by atoms with Crippen LogP contribution in [0.15, 0.2) is 34.9 Å². The minimum absolute atomic E-state index is 0.343. The van der Waals surface area contributed by atoms with Crippen molar-refractivity contribution in [2.45, 2.75) is 12.6 Å². The number of rotatable bonds is 4. The minimum Gasteiger partial charge on any atom is -0.338 e. The Morgan fingerprint density at radius 1 is 1.29 bits per heavy atom. The van der Waals surface area contributed by atoms with Crippen LogP contribution in [0.5, 0.6) is 0 Å². The monoisotopic (exact) mass is 287 g/mol. The summed E-state index contributed by atoms with van der Waals surface area (Å²) >= 11 is 0. The Morgan fingerprint density at radius 2 is 2.10 bits per heavy atom. The zero-order valence-corrected chi connectivity index (χ0v) is 12.3. The molecule has 6 heteroatoms. The first kappa shape index (κ1) is 14.2. The molecule has 1 aliphatic heterocycles. The fraction of sp³-hybridized carbons (Fsp3) is 0.467. The van der Waals surface area contributed by atoms with Gasteiger partial charge in [0.1, 0.15) is 0 Å². The molecule has 0 spiro atoms. The van der Waals surface area contributed by atoms with Gasteiger partial charge in [0, 0.05) is 37.8 Å². The van der Waals surface area contributed by atoms with Crippen molar-refractivity contribution in [1.82, 2.24) is 19.9 Å². The molecule has 0 saturated carbocycles. The second-order valence-electron chi connectivity index (χ2n) is 5.50. The fourth-order valence-corrected chi connectivity index (χ4v) is 2.68. The quantitative estimate of drug-likeness (QED) is 0.897.